The number of carbonyl (C=O) groups is 2. The van der Waals surface area contributed by atoms with E-state index in [1.165, 1.54) is 36.2 Å². The predicted octanol–water partition coefficient (Wildman–Crippen LogP) is 1.61. The van der Waals surface area contributed by atoms with Crippen LogP contribution in [0.2, 0.25) is 0 Å². The fraction of sp³-hybridized carbons (Fsp3) is 0.267. The minimum absolute atomic E-state index is 0.00623. The van der Waals surface area contributed by atoms with Crippen LogP contribution in [0.5, 0.6) is 5.75 Å². The van der Waals surface area contributed by atoms with Crippen LogP contribution in [0, 0.1) is 5.82 Å². The van der Waals surface area contributed by atoms with E-state index in [0.717, 1.165) is 6.07 Å². The zero-order chi connectivity index (χ0) is 17.0. The SMILES string of the molecule is CCn1nccc1C(=O)NC(C(=O)O)c1ccc(OC)c(F)c1. The molecular formula is C15H16FN3O4. The standard InChI is InChI=1S/C15H16FN3O4/c1-3-19-11(6-7-17-19)14(20)18-13(15(21)22)9-4-5-12(23-2)10(16)8-9/h4-8,13H,3H2,1-2H3,(H,18,20)(H,21,22). The van der Waals surface area contributed by atoms with E-state index in [0.29, 0.717) is 6.54 Å². The molecule has 0 saturated heterocycles. The van der Waals surface area contributed by atoms with Crippen molar-refractivity contribution in [3.63, 3.8) is 0 Å². The van der Waals surface area contributed by atoms with Crippen molar-refractivity contribution in [3.8, 4) is 5.75 Å². The molecule has 1 unspecified atom stereocenters. The van der Waals surface area contributed by atoms with Crippen LogP contribution in [0.3, 0.4) is 0 Å². The molecule has 7 nitrogen and oxygen atoms in total. The molecule has 122 valence electrons. The summed E-state index contributed by atoms with van der Waals surface area (Å²) in [7, 11) is 1.31. The van der Waals surface area contributed by atoms with E-state index in [1.807, 2.05) is 0 Å². The first kappa shape index (κ1) is 16.5. The number of hydrogen-bond acceptors (Lipinski definition) is 4. The number of carboxylic acids is 1. The molecule has 1 amide bonds. The smallest absolute Gasteiger partial charge is 0.330 e. The number of nitrogens with one attached hydrogen (secondary N) is 1. The molecular weight excluding hydrogens is 305 g/mol. The Balaban J connectivity index is 2.27. The fourth-order valence-electron chi connectivity index (χ4n) is 2.13. The molecule has 0 bridgehead atoms. The van der Waals surface area contributed by atoms with Gasteiger partial charge in [-0.1, -0.05) is 6.07 Å². The van der Waals surface area contributed by atoms with Gasteiger partial charge in [-0.25, -0.2) is 9.18 Å². The van der Waals surface area contributed by atoms with E-state index in [2.05, 4.69) is 10.4 Å². The van der Waals surface area contributed by atoms with Crippen molar-refractivity contribution in [1.82, 2.24) is 15.1 Å². The Kier molecular flexibility index (Phi) is 4.95. The highest BCUT2D eigenvalue weighted by Gasteiger charge is 2.25. The maximum Gasteiger partial charge on any atom is 0.330 e. The van der Waals surface area contributed by atoms with E-state index >= 15 is 0 Å². The van der Waals surface area contributed by atoms with Crippen LogP contribution in [0.1, 0.15) is 29.0 Å². The van der Waals surface area contributed by atoms with Gasteiger partial charge in [0.2, 0.25) is 0 Å². The van der Waals surface area contributed by atoms with Gasteiger partial charge in [0.15, 0.2) is 17.6 Å². The Bertz CT molecular complexity index is 729. The van der Waals surface area contributed by atoms with Gasteiger partial charge in [-0.2, -0.15) is 5.10 Å². The number of amides is 1. The summed E-state index contributed by atoms with van der Waals surface area (Å²) in [5.41, 5.74) is 0.333. The number of halogens is 1. The van der Waals surface area contributed by atoms with Gasteiger partial charge >= 0.3 is 5.97 Å². The third-order valence-corrected chi connectivity index (χ3v) is 3.28. The van der Waals surface area contributed by atoms with Crippen LogP contribution in [0.15, 0.2) is 30.5 Å². The molecule has 23 heavy (non-hydrogen) atoms. The molecule has 0 saturated carbocycles. The Morgan fingerprint density at radius 1 is 1.43 bits per heavy atom. The second-order valence-electron chi connectivity index (χ2n) is 4.67. The average molecular weight is 321 g/mol. The Morgan fingerprint density at radius 3 is 2.74 bits per heavy atom. The largest absolute Gasteiger partial charge is 0.494 e. The average Bonchev–Trinajstić information content (AvgIpc) is 3.00. The number of hydrogen-bond donors (Lipinski definition) is 2. The van der Waals surface area contributed by atoms with Crippen LogP contribution in [-0.2, 0) is 11.3 Å². The monoisotopic (exact) mass is 321 g/mol. The van der Waals surface area contributed by atoms with Gasteiger partial charge in [0.05, 0.1) is 7.11 Å². The van der Waals surface area contributed by atoms with Crippen molar-refractivity contribution in [2.45, 2.75) is 19.5 Å². The molecule has 1 heterocycles. The van der Waals surface area contributed by atoms with E-state index in [1.54, 1.807) is 6.92 Å². The van der Waals surface area contributed by atoms with Gasteiger partial charge < -0.3 is 15.2 Å². The van der Waals surface area contributed by atoms with E-state index < -0.39 is 23.7 Å². The fourth-order valence-corrected chi connectivity index (χ4v) is 2.13. The van der Waals surface area contributed by atoms with Crippen LogP contribution in [0.4, 0.5) is 4.39 Å². The highest BCUT2D eigenvalue weighted by atomic mass is 19.1. The lowest BCUT2D eigenvalue weighted by Gasteiger charge is -2.16. The zero-order valence-electron chi connectivity index (χ0n) is 12.6. The molecule has 2 N–H and O–H groups in total. The van der Waals surface area contributed by atoms with Gasteiger partial charge in [0, 0.05) is 12.7 Å². The third-order valence-electron chi connectivity index (χ3n) is 3.28. The molecule has 1 aromatic heterocycles. The van der Waals surface area contributed by atoms with Crippen LogP contribution < -0.4 is 10.1 Å². The van der Waals surface area contributed by atoms with Crippen molar-refractivity contribution in [2.24, 2.45) is 0 Å². The molecule has 0 aliphatic rings. The number of rotatable bonds is 6. The van der Waals surface area contributed by atoms with Gasteiger partial charge in [-0.3, -0.25) is 9.48 Å². The molecule has 0 radical (unpaired) electrons. The summed E-state index contributed by atoms with van der Waals surface area (Å²) < 4.78 is 20.0. The normalized spacial score (nSPS) is 11.8. The lowest BCUT2D eigenvalue weighted by atomic mass is 10.1. The highest BCUT2D eigenvalue weighted by molar-refractivity contribution is 5.95. The number of nitrogens with zero attached hydrogens (tertiary/aromatic N) is 2. The number of ether oxygens (including phenoxy) is 1. The summed E-state index contributed by atoms with van der Waals surface area (Å²) >= 11 is 0. The highest BCUT2D eigenvalue weighted by Crippen LogP contribution is 2.22. The molecule has 0 aliphatic carbocycles. The van der Waals surface area contributed by atoms with Crippen LogP contribution >= 0.6 is 0 Å². The van der Waals surface area contributed by atoms with Crippen molar-refractivity contribution in [3.05, 3.63) is 47.5 Å². The Hall–Kier alpha value is -2.90. The number of benzene rings is 1. The third kappa shape index (κ3) is 3.47. The molecule has 8 heteroatoms. The summed E-state index contributed by atoms with van der Waals surface area (Å²) in [5.74, 6) is -2.61. The minimum Gasteiger partial charge on any atom is -0.494 e. The Morgan fingerprint density at radius 2 is 2.17 bits per heavy atom. The van der Waals surface area contributed by atoms with Crippen molar-refractivity contribution < 1.29 is 23.8 Å². The van der Waals surface area contributed by atoms with Crippen molar-refractivity contribution in [1.29, 1.82) is 0 Å². The summed E-state index contributed by atoms with van der Waals surface area (Å²) in [4.78, 5) is 23.7. The molecule has 0 aliphatic heterocycles. The number of aromatic nitrogens is 2. The topological polar surface area (TPSA) is 93.5 Å². The second-order valence-corrected chi connectivity index (χ2v) is 4.67. The molecule has 0 fully saturated rings. The van der Waals surface area contributed by atoms with Gasteiger partial charge in [-0.15, -0.1) is 0 Å². The van der Waals surface area contributed by atoms with E-state index in [9.17, 15) is 19.1 Å². The Labute approximate surface area is 131 Å². The summed E-state index contributed by atoms with van der Waals surface area (Å²) in [6.07, 6.45) is 1.45. The van der Waals surface area contributed by atoms with E-state index in [4.69, 9.17) is 4.74 Å². The molecule has 1 atom stereocenters. The maximum absolute atomic E-state index is 13.8. The number of aryl methyl sites for hydroxylation is 1. The number of aliphatic carboxylic acids is 1. The summed E-state index contributed by atoms with van der Waals surface area (Å²) in [6, 6.07) is 3.81. The van der Waals surface area contributed by atoms with Gasteiger partial charge in [0.25, 0.3) is 5.91 Å². The lowest BCUT2D eigenvalue weighted by molar-refractivity contribution is -0.139. The molecule has 1 aromatic carbocycles. The predicted molar refractivity (Wildman–Crippen MR) is 78.7 cm³/mol. The van der Waals surface area contributed by atoms with Crippen LogP contribution in [0.25, 0.3) is 0 Å². The quantitative estimate of drug-likeness (QED) is 0.843. The number of carboxylic acid groups (broad SMARTS) is 1. The maximum atomic E-state index is 13.8. The zero-order valence-corrected chi connectivity index (χ0v) is 12.6. The van der Waals surface area contributed by atoms with Gasteiger partial charge in [0.1, 0.15) is 5.69 Å². The molecule has 2 aromatic rings. The number of carbonyl (C=O) groups excluding carboxylic acids is 1. The molecule has 0 spiro atoms. The first-order valence-corrected chi connectivity index (χ1v) is 6.86. The summed E-state index contributed by atoms with van der Waals surface area (Å²) in [6.45, 7) is 2.27. The summed E-state index contributed by atoms with van der Waals surface area (Å²) in [5, 5.41) is 15.6. The van der Waals surface area contributed by atoms with Crippen molar-refractivity contribution >= 4 is 11.9 Å². The van der Waals surface area contributed by atoms with Crippen molar-refractivity contribution in [2.75, 3.05) is 7.11 Å². The molecule has 2 rings (SSSR count). The minimum atomic E-state index is -1.39. The van der Waals surface area contributed by atoms with E-state index in [-0.39, 0.29) is 17.0 Å². The first-order chi connectivity index (χ1) is 11.0. The lowest BCUT2D eigenvalue weighted by Crippen LogP contribution is -2.35. The number of methoxy groups -OCH3 is 1. The van der Waals surface area contributed by atoms with Crippen LogP contribution in [-0.4, -0.2) is 33.9 Å². The second kappa shape index (κ2) is 6.91. The first-order valence-electron chi connectivity index (χ1n) is 6.86. The van der Waals surface area contributed by atoms with Gasteiger partial charge in [-0.05, 0) is 30.7 Å².